The maximum Gasteiger partial charge on any atom is 0.252 e. The van der Waals surface area contributed by atoms with Crippen molar-refractivity contribution in [1.82, 2.24) is 20.6 Å². The van der Waals surface area contributed by atoms with Crippen molar-refractivity contribution in [2.75, 3.05) is 13.7 Å². The van der Waals surface area contributed by atoms with Gasteiger partial charge >= 0.3 is 0 Å². The van der Waals surface area contributed by atoms with Crippen molar-refractivity contribution in [2.45, 2.75) is 32.2 Å². The lowest BCUT2D eigenvalue weighted by Crippen LogP contribution is -2.35. The number of rotatable bonds is 12. The normalized spacial score (nSPS) is 11.6. The molecule has 2 heterocycles. The molecule has 0 radical (unpaired) electrons. The summed E-state index contributed by atoms with van der Waals surface area (Å²) in [5.74, 6) is 0.780. The van der Waals surface area contributed by atoms with Gasteiger partial charge in [0.1, 0.15) is 5.75 Å². The summed E-state index contributed by atoms with van der Waals surface area (Å²) in [7, 11) is 1.58. The molecular weight excluding hydrogens is 454 g/mol. The fraction of sp³-hybridized carbons (Fsp3) is 0.250. The standard InChI is InChI=1S/C28H31N5O3/c1-4-7-23(33-28(35)24-9-5-10-25(36-3)20(24)2)14-17-30-26-12-11-22(19-32-26)27(34)31-16-13-21-8-6-15-29-18-21/h4-6,8-12,15,17-19,23H,1,7,13-14,16H2,2-3H3,(H,31,34)(H,33,35). The van der Waals surface area contributed by atoms with Crippen molar-refractivity contribution in [3.05, 3.63) is 96.0 Å². The van der Waals surface area contributed by atoms with E-state index in [0.29, 0.717) is 48.5 Å². The molecule has 1 unspecified atom stereocenters. The van der Waals surface area contributed by atoms with Crippen LogP contribution in [0.25, 0.3) is 0 Å². The second-order valence-corrected chi connectivity index (χ2v) is 8.15. The van der Waals surface area contributed by atoms with Gasteiger partial charge in [0.05, 0.1) is 12.7 Å². The SMILES string of the molecule is C=CCC(CC=Nc1ccc(C(=O)NCCc2cccnc2)cn1)NC(=O)c1cccc(OC)c1C. The van der Waals surface area contributed by atoms with E-state index in [9.17, 15) is 9.59 Å². The quantitative estimate of drug-likeness (QED) is 0.295. The summed E-state index contributed by atoms with van der Waals surface area (Å²) < 4.78 is 5.31. The third kappa shape index (κ3) is 7.59. The van der Waals surface area contributed by atoms with Crippen LogP contribution in [0.15, 0.2) is 78.7 Å². The van der Waals surface area contributed by atoms with Gasteiger partial charge in [-0.3, -0.25) is 14.6 Å². The summed E-state index contributed by atoms with van der Waals surface area (Å²) in [6.45, 7) is 6.15. The zero-order valence-electron chi connectivity index (χ0n) is 20.6. The number of nitrogens with one attached hydrogen (secondary N) is 2. The molecule has 0 fully saturated rings. The number of ether oxygens (including phenoxy) is 1. The van der Waals surface area contributed by atoms with E-state index in [-0.39, 0.29) is 17.9 Å². The largest absolute Gasteiger partial charge is 0.496 e. The van der Waals surface area contributed by atoms with Crippen LogP contribution < -0.4 is 15.4 Å². The summed E-state index contributed by atoms with van der Waals surface area (Å²) in [5.41, 5.74) is 2.88. The molecule has 36 heavy (non-hydrogen) atoms. The Balaban J connectivity index is 1.52. The van der Waals surface area contributed by atoms with Gasteiger partial charge in [-0.15, -0.1) is 6.58 Å². The molecule has 2 amide bonds. The molecule has 0 bridgehead atoms. The topological polar surface area (TPSA) is 106 Å². The molecule has 8 nitrogen and oxygen atoms in total. The van der Waals surface area contributed by atoms with E-state index in [0.717, 1.165) is 11.1 Å². The van der Waals surface area contributed by atoms with Gasteiger partial charge in [-0.05, 0) is 55.7 Å². The van der Waals surface area contributed by atoms with Crippen LogP contribution in [0, 0.1) is 6.92 Å². The third-order valence-electron chi connectivity index (χ3n) is 5.58. The monoisotopic (exact) mass is 485 g/mol. The fourth-order valence-corrected chi connectivity index (χ4v) is 3.60. The Morgan fingerprint density at radius 3 is 2.67 bits per heavy atom. The van der Waals surface area contributed by atoms with Crippen molar-refractivity contribution in [3.63, 3.8) is 0 Å². The Morgan fingerprint density at radius 2 is 1.97 bits per heavy atom. The molecule has 0 saturated carbocycles. The van der Waals surface area contributed by atoms with Crippen LogP contribution in [0.1, 0.15) is 44.7 Å². The van der Waals surface area contributed by atoms with Gasteiger partial charge in [0.25, 0.3) is 11.8 Å². The van der Waals surface area contributed by atoms with Crippen LogP contribution in [0.5, 0.6) is 5.75 Å². The first-order chi connectivity index (χ1) is 17.5. The highest BCUT2D eigenvalue weighted by Crippen LogP contribution is 2.21. The zero-order chi connectivity index (χ0) is 25.8. The molecule has 8 heteroatoms. The van der Waals surface area contributed by atoms with Crippen LogP contribution in [0.2, 0.25) is 0 Å². The molecule has 2 N–H and O–H groups in total. The number of methoxy groups -OCH3 is 1. The molecule has 1 aromatic carbocycles. The first kappa shape index (κ1) is 26.3. The van der Waals surface area contributed by atoms with Crippen LogP contribution in [-0.2, 0) is 6.42 Å². The molecule has 0 aliphatic carbocycles. The van der Waals surface area contributed by atoms with E-state index in [1.54, 1.807) is 56.1 Å². The molecule has 0 saturated heterocycles. The summed E-state index contributed by atoms with van der Waals surface area (Å²) in [4.78, 5) is 37.9. The molecule has 0 aliphatic rings. The number of aliphatic imine (C=N–C) groups is 1. The van der Waals surface area contributed by atoms with Crippen LogP contribution in [-0.4, -0.2) is 47.7 Å². The number of carbonyl (C=O) groups excluding carboxylic acids is 2. The molecule has 0 spiro atoms. The molecule has 2 aromatic heterocycles. The minimum Gasteiger partial charge on any atom is -0.496 e. The average molecular weight is 486 g/mol. The van der Waals surface area contributed by atoms with Crippen molar-refractivity contribution in [1.29, 1.82) is 0 Å². The minimum absolute atomic E-state index is 0.172. The predicted molar refractivity (Wildman–Crippen MR) is 141 cm³/mol. The number of hydrogen-bond donors (Lipinski definition) is 2. The van der Waals surface area contributed by atoms with Gasteiger partial charge in [-0.25, -0.2) is 9.98 Å². The zero-order valence-corrected chi connectivity index (χ0v) is 20.6. The van der Waals surface area contributed by atoms with Crippen molar-refractivity contribution < 1.29 is 14.3 Å². The van der Waals surface area contributed by atoms with Crippen LogP contribution >= 0.6 is 0 Å². The minimum atomic E-state index is -0.191. The molecule has 3 rings (SSSR count). The van der Waals surface area contributed by atoms with Crippen molar-refractivity contribution in [3.8, 4) is 5.75 Å². The van der Waals surface area contributed by atoms with Crippen LogP contribution in [0.3, 0.4) is 0 Å². The molecule has 3 aromatic rings. The Kier molecular flexibility index (Phi) is 9.88. The summed E-state index contributed by atoms with van der Waals surface area (Å²) in [6.07, 6.45) is 10.3. The van der Waals surface area contributed by atoms with Crippen molar-refractivity contribution in [2.24, 2.45) is 4.99 Å². The van der Waals surface area contributed by atoms with Crippen LogP contribution in [0.4, 0.5) is 5.82 Å². The van der Waals surface area contributed by atoms with Gasteiger partial charge in [0, 0.05) is 54.9 Å². The number of amides is 2. The fourth-order valence-electron chi connectivity index (χ4n) is 3.60. The Morgan fingerprint density at radius 1 is 1.11 bits per heavy atom. The van der Waals surface area contributed by atoms with Gasteiger partial charge in [-0.2, -0.15) is 0 Å². The average Bonchev–Trinajstić information content (AvgIpc) is 2.90. The summed E-state index contributed by atoms with van der Waals surface area (Å²) >= 11 is 0. The summed E-state index contributed by atoms with van der Waals surface area (Å²) in [6, 6.07) is 12.4. The number of pyridine rings is 2. The lowest BCUT2D eigenvalue weighted by atomic mass is 10.1. The van der Waals surface area contributed by atoms with E-state index in [1.165, 1.54) is 6.20 Å². The van der Waals surface area contributed by atoms with E-state index < -0.39 is 0 Å². The van der Waals surface area contributed by atoms with E-state index in [4.69, 9.17) is 4.74 Å². The number of carbonyl (C=O) groups is 2. The number of benzene rings is 1. The molecular formula is C28H31N5O3. The van der Waals surface area contributed by atoms with Gasteiger partial charge in [0.15, 0.2) is 5.82 Å². The smallest absolute Gasteiger partial charge is 0.252 e. The second kappa shape index (κ2) is 13.5. The Hall–Kier alpha value is -4.33. The van der Waals surface area contributed by atoms with E-state index in [2.05, 4.69) is 32.2 Å². The number of aromatic nitrogens is 2. The first-order valence-corrected chi connectivity index (χ1v) is 11.7. The van der Waals surface area contributed by atoms with Crippen molar-refractivity contribution >= 4 is 23.8 Å². The Bertz CT molecular complexity index is 1190. The molecule has 1 atom stereocenters. The summed E-state index contributed by atoms with van der Waals surface area (Å²) in [5, 5.41) is 5.91. The lowest BCUT2D eigenvalue weighted by Gasteiger charge is -2.17. The second-order valence-electron chi connectivity index (χ2n) is 8.15. The molecule has 0 aliphatic heterocycles. The third-order valence-corrected chi connectivity index (χ3v) is 5.58. The first-order valence-electron chi connectivity index (χ1n) is 11.7. The molecule has 186 valence electrons. The highest BCUT2D eigenvalue weighted by Gasteiger charge is 2.16. The maximum atomic E-state index is 12.8. The lowest BCUT2D eigenvalue weighted by molar-refractivity contribution is 0.0934. The van der Waals surface area contributed by atoms with E-state index >= 15 is 0 Å². The number of nitrogens with zero attached hydrogens (tertiary/aromatic N) is 3. The van der Waals surface area contributed by atoms with E-state index in [1.807, 2.05) is 25.1 Å². The predicted octanol–water partition coefficient (Wildman–Crippen LogP) is 4.23. The highest BCUT2D eigenvalue weighted by molar-refractivity contribution is 5.96. The number of hydrogen-bond acceptors (Lipinski definition) is 6. The van der Waals surface area contributed by atoms with Gasteiger partial charge < -0.3 is 15.4 Å². The van der Waals surface area contributed by atoms with Gasteiger partial charge in [-0.1, -0.05) is 18.2 Å². The highest BCUT2D eigenvalue weighted by atomic mass is 16.5. The maximum absolute atomic E-state index is 12.8. The van der Waals surface area contributed by atoms with Gasteiger partial charge in [0.2, 0.25) is 0 Å². The Labute approximate surface area is 211 Å².